The summed E-state index contributed by atoms with van der Waals surface area (Å²) in [4.78, 5) is 10.9. The third-order valence-electron chi connectivity index (χ3n) is 2.41. The van der Waals surface area contributed by atoms with Crippen LogP contribution in [-0.2, 0) is 14.3 Å². The molecule has 68 valence electrons. The molecule has 0 spiro atoms. The fourth-order valence-corrected chi connectivity index (χ4v) is 1.49. The lowest BCUT2D eigenvalue weighted by Crippen LogP contribution is -2.23. The molecular formula is C9H14O3. The zero-order valence-electron chi connectivity index (χ0n) is 7.12. The molecule has 3 heteroatoms. The molecule has 0 aromatic rings. The van der Waals surface area contributed by atoms with E-state index in [1.165, 1.54) is 0 Å². The maximum absolute atomic E-state index is 10.9. The van der Waals surface area contributed by atoms with Gasteiger partial charge in [-0.15, -0.1) is 0 Å². The van der Waals surface area contributed by atoms with Gasteiger partial charge in [-0.3, -0.25) is 4.79 Å². The third kappa shape index (κ3) is 2.29. The molecule has 2 aliphatic rings. The second-order valence-electron chi connectivity index (χ2n) is 3.53. The van der Waals surface area contributed by atoms with Crippen molar-refractivity contribution in [1.82, 2.24) is 0 Å². The van der Waals surface area contributed by atoms with Crippen molar-refractivity contribution in [3.05, 3.63) is 0 Å². The molecule has 0 aromatic carbocycles. The smallest absolute Gasteiger partial charge is 0.133 e. The van der Waals surface area contributed by atoms with Crippen molar-refractivity contribution in [3.8, 4) is 0 Å². The van der Waals surface area contributed by atoms with Crippen molar-refractivity contribution in [1.29, 1.82) is 0 Å². The Morgan fingerprint density at radius 2 is 2.08 bits per heavy atom. The van der Waals surface area contributed by atoms with Crippen LogP contribution in [0.25, 0.3) is 0 Å². The lowest BCUT2D eigenvalue weighted by molar-refractivity contribution is -0.123. The highest BCUT2D eigenvalue weighted by Gasteiger charge is 2.25. The number of carbonyl (C=O) groups excluding carboxylic acids is 1. The number of epoxide rings is 1. The quantitative estimate of drug-likeness (QED) is 0.591. The van der Waals surface area contributed by atoms with Gasteiger partial charge in [-0.25, -0.2) is 0 Å². The van der Waals surface area contributed by atoms with Gasteiger partial charge < -0.3 is 9.47 Å². The standard InChI is InChI=1S/C9H14O3/c10-7-1-3-8(4-2-7)11-5-9-6-12-9/h8-9H,1-6H2. The molecule has 1 aliphatic heterocycles. The van der Waals surface area contributed by atoms with Crippen LogP contribution in [0.5, 0.6) is 0 Å². The maximum Gasteiger partial charge on any atom is 0.133 e. The zero-order chi connectivity index (χ0) is 8.39. The predicted molar refractivity (Wildman–Crippen MR) is 43.0 cm³/mol. The van der Waals surface area contributed by atoms with Gasteiger partial charge in [0.25, 0.3) is 0 Å². The van der Waals surface area contributed by atoms with E-state index in [1.807, 2.05) is 0 Å². The number of ketones is 1. The Bertz CT molecular complexity index is 165. The molecular weight excluding hydrogens is 156 g/mol. The molecule has 1 aliphatic carbocycles. The molecule has 0 N–H and O–H groups in total. The molecule has 3 nitrogen and oxygen atoms in total. The number of Topliss-reactive ketones (excluding diaryl/α,β-unsaturated/α-hetero) is 1. The van der Waals surface area contributed by atoms with E-state index in [-0.39, 0.29) is 0 Å². The molecule has 2 rings (SSSR count). The van der Waals surface area contributed by atoms with Crippen molar-refractivity contribution in [2.24, 2.45) is 0 Å². The van der Waals surface area contributed by atoms with Crippen LogP contribution in [0.2, 0.25) is 0 Å². The molecule has 1 heterocycles. The third-order valence-corrected chi connectivity index (χ3v) is 2.41. The van der Waals surface area contributed by atoms with E-state index in [4.69, 9.17) is 9.47 Å². The van der Waals surface area contributed by atoms with Crippen LogP contribution in [0.3, 0.4) is 0 Å². The van der Waals surface area contributed by atoms with Gasteiger partial charge in [0.15, 0.2) is 0 Å². The van der Waals surface area contributed by atoms with Crippen LogP contribution < -0.4 is 0 Å². The minimum Gasteiger partial charge on any atom is -0.375 e. The summed E-state index contributed by atoms with van der Waals surface area (Å²) in [5.74, 6) is 0.387. The largest absolute Gasteiger partial charge is 0.375 e. The highest BCUT2D eigenvalue weighted by Crippen LogP contribution is 2.19. The lowest BCUT2D eigenvalue weighted by Gasteiger charge is -2.20. The predicted octanol–water partition coefficient (Wildman–Crippen LogP) is 0.913. The molecule has 2 fully saturated rings. The van der Waals surface area contributed by atoms with E-state index in [0.717, 1.165) is 26.1 Å². The second-order valence-corrected chi connectivity index (χ2v) is 3.53. The molecule has 1 saturated heterocycles. The Labute approximate surface area is 72.0 Å². The fourth-order valence-electron chi connectivity index (χ4n) is 1.49. The van der Waals surface area contributed by atoms with Crippen LogP contribution in [0.15, 0.2) is 0 Å². The van der Waals surface area contributed by atoms with Crippen LogP contribution >= 0.6 is 0 Å². The topological polar surface area (TPSA) is 38.8 Å². The number of hydrogen-bond donors (Lipinski definition) is 0. The van der Waals surface area contributed by atoms with E-state index < -0.39 is 0 Å². The molecule has 1 unspecified atom stereocenters. The molecule has 0 radical (unpaired) electrons. The van der Waals surface area contributed by atoms with Gasteiger partial charge in [-0.2, -0.15) is 0 Å². The summed E-state index contributed by atoms with van der Waals surface area (Å²) in [5, 5.41) is 0. The molecule has 0 bridgehead atoms. The van der Waals surface area contributed by atoms with Gasteiger partial charge in [0.05, 0.1) is 19.3 Å². The van der Waals surface area contributed by atoms with Crippen molar-refractivity contribution < 1.29 is 14.3 Å². The fraction of sp³-hybridized carbons (Fsp3) is 0.889. The minimum absolute atomic E-state index is 0.312. The zero-order valence-corrected chi connectivity index (χ0v) is 7.12. The Balaban J connectivity index is 1.63. The number of rotatable bonds is 3. The van der Waals surface area contributed by atoms with Gasteiger partial charge in [-0.05, 0) is 12.8 Å². The Morgan fingerprint density at radius 3 is 2.67 bits per heavy atom. The first-order valence-corrected chi connectivity index (χ1v) is 4.59. The van der Waals surface area contributed by atoms with Gasteiger partial charge in [0.1, 0.15) is 11.9 Å². The van der Waals surface area contributed by atoms with Crippen LogP contribution in [0.4, 0.5) is 0 Å². The molecule has 0 aromatic heterocycles. The molecule has 0 amide bonds. The van der Waals surface area contributed by atoms with E-state index in [2.05, 4.69) is 0 Å². The summed E-state index contributed by atoms with van der Waals surface area (Å²) in [7, 11) is 0. The average Bonchev–Trinajstić information content (AvgIpc) is 2.87. The highest BCUT2D eigenvalue weighted by molar-refractivity contribution is 5.79. The highest BCUT2D eigenvalue weighted by atomic mass is 16.6. The second kappa shape index (κ2) is 3.54. The normalized spacial score (nSPS) is 30.7. The van der Waals surface area contributed by atoms with Crippen molar-refractivity contribution in [2.75, 3.05) is 13.2 Å². The molecule has 12 heavy (non-hydrogen) atoms. The van der Waals surface area contributed by atoms with Crippen LogP contribution in [0, 0.1) is 0 Å². The van der Waals surface area contributed by atoms with E-state index >= 15 is 0 Å². The summed E-state index contributed by atoms with van der Waals surface area (Å²) in [5.41, 5.74) is 0. The van der Waals surface area contributed by atoms with Gasteiger partial charge in [0, 0.05) is 12.8 Å². The molecule has 1 saturated carbocycles. The molecule has 1 atom stereocenters. The summed E-state index contributed by atoms with van der Waals surface area (Å²) in [6, 6.07) is 0. The van der Waals surface area contributed by atoms with E-state index in [9.17, 15) is 4.79 Å². The summed E-state index contributed by atoms with van der Waals surface area (Å²) >= 11 is 0. The summed E-state index contributed by atoms with van der Waals surface area (Å²) < 4.78 is 10.6. The first-order chi connectivity index (χ1) is 5.84. The Morgan fingerprint density at radius 1 is 1.42 bits per heavy atom. The van der Waals surface area contributed by atoms with Crippen molar-refractivity contribution in [2.45, 2.75) is 37.9 Å². The lowest BCUT2D eigenvalue weighted by atomic mass is 9.96. The SMILES string of the molecule is O=C1CCC(OCC2CO2)CC1. The first-order valence-electron chi connectivity index (χ1n) is 4.59. The maximum atomic E-state index is 10.9. The van der Waals surface area contributed by atoms with Gasteiger partial charge in [-0.1, -0.05) is 0 Å². The Kier molecular flexibility index (Phi) is 2.42. The van der Waals surface area contributed by atoms with Crippen LogP contribution in [-0.4, -0.2) is 31.2 Å². The van der Waals surface area contributed by atoms with Crippen molar-refractivity contribution in [3.63, 3.8) is 0 Å². The van der Waals surface area contributed by atoms with Gasteiger partial charge in [0.2, 0.25) is 0 Å². The minimum atomic E-state index is 0.312. The number of carbonyl (C=O) groups is 1. The monoisotopic (exact) mass is 170 g/mol. The van der Waals surface area contributed by atoms with E-state index in [0.29, 0.717) is 30.8 Å². The van der Waals surface area contributed by atoms with Crippen molar-refractivity contribution >= 4 is 5.78 Å². The van der Waals surface area contributed by atoms with Crippen LogP contribution in [0.1, 0.15) is 25.7 Å². The summed E-state index contributed by atoms with van der Waals surface area (Å²) in [6.07, 6.45) is 3.89. The first kappa shape index (κ1) is 8.20. The Hall–Kier alpha value is -0.410. The average molecular weight is 170 g/mol. The number of hydrogen-bond acceptors (Lipinski definition) is 3. The van der Waals surface area contributed by atoms with Gasteiger partial charge >= 0.3 is 0 Å². The van der Waals surface area contributed by atoms with E-state index in [1.54, 1.807) is 0 Å². The summed E-state index contributed by atoms with van der Waals surface area (Å²) in [6.45, 7) is 1.57. The number of ether oxygens (including phenoxy) is 2.